The zero-order chi connectivity index (χ0) is 21.9. The van der Waals surface area contributed by atoms with Gasteiger partial charge in [-0.2, -0.15) is 0 Å². The van der Waals surface area contributed by atoms with Crippen LogP contribution in [0, 0.1) is 0 Å². The Morgan fingerprint density at radius 2 is 1.75 bits per heavy atom. The molecule has 2 N–H and O–H groups in total. The SMILES string of the molecule is O=C(NC1CCC(c2ccc(NC(=O)N3Cc4ccncc4C3)cc2)CC1)[C@H]1CCCO1. The van der Waals surface area contributed by atoms with E-state index in [2.05, 4.69) is 27.8 Å². The monoisotopic (exact) mass is 434 g/mol. The van der Waals surface area contributed by atoms with E-state index in [0.29, 0.717) is 25.6 Å². The largest absolute Gasteiger partial charge is 0.368 e. The first kappa shape index (κ1) is 20.9. The number of ether oxygens (including phenoxy) is 1. The minimum Gasteiger partial charge on any atom is -0.368 e. The molecule has 1 saturated heterocycles. The molecule has 2 fully saturated rings. The molecule has 1 aromatic heterocycles. The number of aromatic nitrogens is 1. The number of amides is 3. The van der Waals surface area contributed by atoms with Crippen LogP contribution in [0.3, 0.4) is 0 Å². The van der Waals surface area contributed by atoms with Gasteiger partial charge in [0.15, 0.2) is 0 Å². The maximum absolute atomic E-state index is 12.6. The summed E-state index contributed by atoms with van der Waals surface area (Å²) in [7, 11) is 0. The lowest BCUT2D eigenvalue weighted by atomic mass is 9.81. The Kier molecular flexibility index (Phi) is 6.08. The maximum atomic E-state index is 12.6. The Morgan fingerprint density at radius 3 is 2.47 bits per heavy atom. The zero-order valence-electron chi connectivity index (χ0n) is 18.3. The lowest BCUT2D eigenvalue weighted by molar-refractivity contribution is -0.131. The Balaban J connectivity index is 1.10. The van der Waals surface area contributed by atoms with E-state index >= 15 is 0 Å². The Bertz CT molecular complexity index is 938. The van der Waals surface area contributed by atoms with Gasteiger partial charge < -0.3 is 20.3 Å². The quantitative estimate of drug-likeness (QED) is 0.763. The third-order valence-electron chi connectivity index (χ3n) is 6.94. The van der Waals surface area contributed by atoms with Gasteiger partial charge in [0.05, 0.1) is 0 Å². The van der Waals surface area contributed by atoms with Crippen molar-refractivity contribution in [3.05, 3.63) is 59.4 Å². The molecule has 2 aromatic rings. The molecular formula is C25H30N4O3. The van der Waals surface area contributed by atoms with Crippen molar-refractivity contribution < 1.29 is 14.3 Å². The van der Waals surface area contributed by atoms with Crippen LogP contribution in [0.2, 0.25) is 0 Å². The molecule has 1 aromatic carbocycles. The van der Waals surface area contributed by atoms with E-state index in [1.165, 1.54) is 5.56 Å². The second-order valence-corrected chi connectivity index (χ2v) is 9.11. The first-order valence-corrected chi connectivity index (χ1v) is 11.7. The summed E-state index contributed by atoms with van der Waals surface area (Å²) in [5.74, 6) is 0.555. The molecule has 5 rings (SSSR count). The van der Waals surface area contributed by atoms with Crippen molar-refractivity contribution in [2.75, 3.05) is 11.9 Å². The van der Waals surface area contributed by atoms with Crippen LogP contribution in [-0.4, -0.2) is 40.6 Å². The molecule has 0 unspecified atom stereocenters. The van der Waals surface area contributed by atoms with Gasteiger partial charge in [-0.1, -0.05) is 12.1 Å². The number of anilines is 1. The Morgan fingerprint density at radius 1 is 0.969 bits per heavy atom. The summed E-state index contributed by atoms with van der Waals surface area (Å²) in [6.45, 7) is 1.92. The number of nitrogens with one attached hydrogen (secondary N) is 2. The number of urea groups is 1. The van der Waals surface area contributed by atoms with Crippen molar-refractivity contribution in [1.82, 2.24) is 15.2 Å². The number of hydrogen-bond acceptors (Lipinski definition) is 4. The summed E-state index contributed by atoms with van der Waals surface area (Å²) < 4.78 is 5.49. The van der Waals surface area contributed by atoms with Crippen molar-refractivity contribution in [2.24, 2.45) is 0 Å². The Hall–Kier alpha value is -2.93. The molecule has 2 aliphatic heterocycles. The van der Waals surface area contributed by atoms with E-state index in [0.717, 1.165) is 55.3 Å². The minimum atomic E-state index is -0.248. The molecule has 32 heavy (non-hydrogen) atoms. The fourth-order valence-corrected chi connectivity index (χ4v) is 5.05. The lowest BCUT2D eigenvalue weighted by Gasteiger charge is -2.30. The van der Waals surface area contributed by atoms with Gasteiger partial charge in [0.1, 0.15) is 6.10 Å². The molecule has 7 heteroatoms. The van der Waals surface area contributed by atoms with Gasteiger partial charge in [0, 0.05) is 43.8 Å². The molecule has 3 aliphatic rings. The third kappa shape index (κ3) is 4.63. The molecule has 7 nitrogen and oxygen atoms in total. The first-order valence-electron chi connectivity index (χ1n) is 11.7. The van der Waals surface area contributed by atoms with Crippen LogP contribution in [0.25, 0.3) is 0 Å². The average molecular weight is 435 g/mol. The first-order chi connectivity index (χ1) is 15.7. The molecule has 0 spiro atoms. The second-order valence-electron chi connectivity index (χ2n) is 9.11. The predicted molar refractivity (Wildman–Crippen MR) is 121 cm³/mol. The molecule has 1 saturated carbocycles. The lowest BCUT2D eigenvalue weighted by Crippen LogP contribution is -2.42. The summed E-state index contributed by atoms with van der Waals surface area (Å²) in [4.78, 5) is 30.9. The maximum Gasteiger partial charge on any atom is 0.322 e. The molecular weight excluding hydrogens is 404 g/mol. The van der Waals surface area contributed by atoms with Crippen LogP contribution in [0.1, 0.15) is 61.1 Å². The highest BCUT2D eigenvalue weighted by Gasteiger charge is 2.28. The van der Waals surface area contributed by atoms with Crippen molar-refractivity contribution >= 4 is 17.6 Å². The van der Waals surface area contributed by atoms with Gasteiger partial charge in [-0.25, -0.2) is 4.79 Å². The zero-order valence-corrected chi connectivity index (χ0v) is 18.3. The predicted octanol–water partition coefficient (Wildman–Crippen LogP) is 3.95. The number of benzene rings is 1. The standard InChI is InChI=1S/C25H30N4O3/c30-24(23-2-1-13-32-23)27-21-7-3-17(4-8-21)18-5-9-22(10-6-18)28-25(31)29-15-19-11-12-26-14-20(19)16-29/h5-6,9-12,14,17,21,23H,1-4,7-8,13,15-16H2,(H,27,30)(H,28,31)/t17?,21?,23-/m1/s1. The van der Waals surface area contributed by atoms with Crippen molar-refractivity contribution in [3.8, 4) is 0 Å². The van der Waals surface area contributed by atoms with Crippen LogP contribution in [0.5, 0.6) is 0 Å². The fourth-order valence-electron chi connectivity index (χ4n) is 5.05. The number of pyridine rings is 1. The number of carbonyl (C=O) groups is 2. The molecule has 3 amide bonds. The summed E-state index contributed by atoms with van der Waals surface area (Å²) >= 11 is 0. The van der Waals surface area contributed by atoms with Crippen LogP contribution < -0.4 is 10.6 Å². The van der Waals surface area contributed by atoms with E-state index in [9.17, 15) is 9.59 Å². The van der Waals surface area contributed by atoms with Crippen LogP contribution >= 0.6 is 0 Å². The topological polar surface area (TPSA) is 83.6 Å². The van der Waals surface area contributed by atoms with Crippen molar-refractivity contribution in [1.29, 1.82) is 0 Å². The van der Waals surface area contributed by atoms with Crippen molar-refractivity contribution in [3.63, 3.8) is 0 Å². The summed E-state index contributed by atoms with van der Waals surface area (Å²) in [5, 5.41) is 6.19. The van der Waals surface area contributed by atoms with Crippen LogP contribution in [-0.2, 0) is 22.6 Å². The number of hydrogen-bond donors (Lipinski definition) is 2. The summed E-state index contributed by atoms with van der Waals surface area (Å²) in [5.41, 5.74) is 4.38. The molecule has 168 valence electrons. The molecule has 0 bridgehead atoms. The smallest absolute Gasteiger partial charge is 0.322 e. The van der Waals surface area contributed by atoms with Gasteiger partial charge in [-0.3, -0.25) is 9.78 Å². The van der Waals surface area contributed by atoms with E-state index in [1.54, 1.807) is 11.1 Å². The van der Waals surface area contributed by atoms with Gasteiger partial charge in [-0.15, -0.1) is 0 Å². The molecule has 3 heterocycles. The number of nitrogens with zero attached hydrogens (tertiary/aromatic N) is 2. The van der Waals surface area contributed by atoms with Gasteiger partial charge in [0.25, 0.3) is 0 Å². The highest BCUT2D eigenvalue weighted by molar-refractivity contribution is 5.89. The number of fused-ring (bicyclic) bond motifs is 1. The summed E-state index contributed by atoms with van der Waals surface area (Å²) in [6.07, 6.45) is 9.27. The van der Waals surface area contributed by atoms with Gasteiger partial charge in [0.2, 0.25) is 5.91 Å². The third-order valence-corrected chi connectivity index (χ3v) is 6.94. The highest BCUT2D eigenvalue weighted by Crippen LogP contribution is 2.33. The number of rotatable bonds is 4. The van der Waals surface area contributed by atoms with Crippen LogP contribution in [0.15, 0.2) is 42.7 Å². The second kappa shape index (κ2) is 9.28. The van der Waals surface area contributed by atoms with Gasteiger partial charge >= 0.3 is 6.03 Å². The normalized spacial score (nSPS) is 24.8. The highest BCUT2D eigenvalue weighted by atomic mass is 16.5. The number of carbonyl (C=O) groups excluding carboxylic acids is 2. The molecule has 1 atom stereocenters. The van der Waals surface area contributed by atoms with E-state index < -0.39 is 0 Å². The fraction of sp³-hybridized carbons (Fsp3) is 0.480. The van der Waals surface area contributed by atoms with E-state index in [-0.39, 0.29) is 24.1 Å². The van der Waals surface area contributed by atoms with E-state index in [4.69, 9.17) is 4.74 Å². The van der Waals surface area contributed by atoms with Crippen LogP contribution in [0.4, 0.5) is 10.5 Å². The summed E-state index contributed by atoms with van der Waals surface area (Å²) in [6, 6.07) is 10.4. The Labute approximate surface area is 188 Å². The van der Waals surface area contributed by atoms with Crippen molar-refractivity contribution in [2.45, 2.75) is 69.7 Å². The van der Waals surface area contributed by atoms with E-state index in [1.807, 2.05) is 24.4 Å². The average Bonchev–Trinajstić information content (AvgIpc) is 3.50. The molecule has 0 radical (unpaired) electrons. The minimum absolute atomic E-state index is 0.0587. The molecule has 1 aliphatic carbocycles. The van der Waals surface area contributed by atoms with Gasteiger partial charge in [-0.05, 0) is 79.3 Å².